The summed E-state index contributed by atoms with van der Waals surface area (Å²) in [6.45, 7) is 11.8. The summed E-state index contributed by atoms with van der Waals surface area (Å²) in [5.41, 5.74) is 13.6. The smallest absolute Gasteiger partial charge is 0.164 e. The molecule has 0 aliphatic rings. The van der Waals surface area contributed by atoms with Crippen LogP contribution in [0, 0.1) is 0 Å². The van der Waals surface area contributed by atoms with E-state index in [1.165, 1.54) is 0 Å². The molecular formula is C23H36N2O2. The van der Waals surface area contributed by atoms with Crippen LogP contribution < -0.4 is 11.5 Å². The predicted molar refractivity (Wildman–Crippen MR) is 118 cm³/mol. The number of anilines is 2. The fourth-order valence-electron chi connectivity index (χ4n) is 2.05. The van der Waals surface area contributed by atoms with Crippen LogP contribution >= 0.6 is 0 Å². The van der Waals surface area contributed by atoms with Crippen molar-refractivity contribution in [2.75, 3.05) is 11.5 Å². The lowest BCUT2D eigenvalue weighted by molar-refractivity contribution is 0.0977. The van der Waals surface area contributed by atoms with Crippen LogP contribution in [-0.2, 0) is 0 Å². The zero-order valence-corrected chi connectivity index (χ0v) is 17.7. The van der Waals surface area contributed by atoms with Crippen LogP contribution in [0.1, 0.15) is 81.5 Å². The van der Waals surface area contributed by atoms with Crippen molar-refractivity contribution in [2.24, 2.45) is 0 Å². The second-order valence-corrected chi connectivity index (χ2v) is 5.12. The van der Waals surface area contributed by atoms with Gasteiger partial charge in [-0.1, -0.05) is 65.8 Å². The van der Waals surface area contributed by atoms with Crippen molar-refractivity contribution in [1.82, 2.24) is 0 Å². The van der Waals surface area contributed by atoms with E-state index in [9.17, 15) is 9.59 Å². The summed E-state index contributed by atoms with van der Waals surface area (Å²) < 4.78 is 0. The number of Topliss-reactive ketones (excluding diaryl/α,β-unsaturated/α-hetero) is 2. The van der Waals surface area contributed by atoms with E-state index in [2.05, 4.69) is 0 Å². The number of nitrogen functional groups attached to an aromatic ring is 2. The average Bonchev–Trinajstić information content (AvgIpc) is 2.72. The lowest BCUT2D eigenvalue weighted by Gasteiger charge is -2.01. The molecule has 2 rings (SSSR count). The highest BCUT2D eigenvalue weighted by Crippen LogP contribution is 2.13. The number of nitrogens with two attached hydrogens (primary N) is 2. The van der Waals surface area contributed by atoms with E-state index in [4.69, 9.17) is 11.5 Å². The molecule has 0 unspecified atom stereocenters. The number of para-hydroxylation sites is 2. The summed E-state index contributed by atoms with van der Waals surface area (Å²) >= 11 is 0. The van der Waals surface area contributed by atoms with Gasteiger partial charge in [-0.25, -0.2) is 0 Å². The van der Waals surface area contributed by atoms with Gasteiger partial charge in [-0.15, -0.1) is 0 Å². The maximum Gasteiger partial charge on any atom is 0.164 e. The lowest BCUT2D eigenvalue weighted by atomic mass is 10.1. The second kappa shape index (κ2) is 16.8. The Morgan fingerprint density at radius 2 is 1.07 bits per heavy atom. The van der Waals surface area contributed by atoms with Gasteiger partial charge in [0.15, 0.2) is 11.6 Å². The van der Waals surface area contributed by atoms with E-state index in [1.807, 2.05) is 65.8 Å². The van der Waals surface area contributed by atoms with Crippen molar-refractivity contribution in [3.63, 3.8) is 0 Å². The molecule has 4 heteroatoms. The highest BCUT2D eigenvalue weighted by atomic mass is 16.1. The number of rotatable bonds is 5. The zero-order chi connectivity index (χ0) is 21.2. The van der Waals surface area contributed by atoms with Crippen LogP contribution in [0.2, 0.25) is 0 Å². The molecule has 4 nitrogen and oxygen atoms in total. The van der Waals surface area contributed by atoms with Crippen molar-refractivity contribution in [3.05, 3.63) is 59.7 Å². The number of benzene rings is 2. The quantitative estimate of drug-likeness (QED) is 0.485. The fourth-order valence-corrected chi connectivity index (χ4v) is 2.05. The minimum Gasteiger partial charge on any atom is -0.398 e. The van der Waals surface area contributed by atoms with Gasteiger partial charge in [-0.3, -0.25) is 9.59 Å². The van der Waals surface area contributed by atoms with Gasteiger partial charge in [0.2, 0.25) is 0 Å². The number of ketones is 2. The Balaban J connectivity index is 0. The zero-order valence-electron chi connectivity index (χ0n) is 17.7. The van der Waals surface area contributed by atoms with Gasteiger partial charge >= 0.3 is 0 Å². The summed E-state index contributed by atoms with van der Waals surface area (Å²) in [7, 11) is 0. The first-order valence-corrected chi connectivity index (χ1v) is 9.76. The molecule has 27 heavy (non-hydrogen) atoms. The van der Waals surface area contributed by atoms with Crippen LogP contribution in [-0.4, -0.2) is 11.6 Å². The second-order valence-electron chi connectivity index (χ2n) is 5.12. The Hall–Kier alpha value is -2.62. The summed E-state index contributed by atoms with van der Waals surface area (Å²) in [5.74, 6) is 0.235. The third kappa shape index (κ3) is 10.2. The van der Waals surface area contributed by atoms with Gasteiger partial charge in [-0.2, -0.15) is 0 Å². The monoisotopic (exact) mass is 372 g/mol. The first-order valence-electron chi connectivity index (χ1n) is 9.76. The Bertz CT molecular complexity index is 667. The molecule has 2 aromatic rings. The molecule has 150 valence electrons. The summed E-state index contributed by atoms with van der Waals surface area (Å²) in [6, 6.07) is 14.3. The van der Waals surface area contributed by atoms with Crippen molar-refractivity contribution in [1.29, 1.82) is 0 Å². The average molecular weight is 373 g/mol. The molecule has 0 aliphatic carbocycles. The normalized spacial score (nSPS) is 8.67. The van der Waals surface area contributed by atoms with Crippen molar-refractivity contribution in [3.8, 4) is 0 Å². The SMILES string of the molecule is CC.CC.CCC(=O)c1ccccc1N.CCCC(=O)c1ccccc1N. The van der Waals surface area contributed by atoms with E-state index in [1.54, 1.807) is 24.3 Å². The molecule has 0 aliphatic heterocycles. The molecule has 0 atom stereocenters. The molecule has 0 saturated carbocycles. The molecule has 0 saturated heterocycles. The summed E-state index contributed by atoms with van der Waals surface area (Å²) in [5, 5.41) is 0. The summed E-state index contributed by atoms with van der Waals surface area (Å²) in [6.07, 6.45) is 1.95. The standard InChI is InChI=1S/C10H13NO.C9H11NO.2C2H6/c1-2-5-10(12)8-6-3-4-7-9(8)11;1-2-9(11)7-5-3-4-6-8(7)10;2*1-2/h3-4,6-7H,2,5,11H2,1H3;3-6H,2,10H2,1H3;2*1-2H3. The van der Waals surface area contributed by atoms with Crippen LogP contribution in [0.15, 0.2) is 48.5 Å². The molecule has 0 aromatic heterocycles. The lowest BCUT2D eigenvalue weighted by Crippen LogP contribution is -2.02. The largest absolute Gasteiger partial charge is 0.398 e. The van der Waals surface area contributed by atoms with Gasteiger partial charge in [0.1, 0.15) is 0 Å². The fraction of sp³-hybridized carbons (Fsp3) is 0.391. The molecule has 4 N–H and O–H groups in total. The minimum absolute atomic E-state index is 0.100. The number of carbonyl (C=O) groups excluding carboxylic acids is 2. The van der Waals surface area contributed by atoms with E-state index < -0.39 is 0 Å². The van der Waals surface area contributed by atoms with Crippen LogP contribution in [0.3, 0.4) is 0 Å². The highest BCUT2D eigenvalue weighted by Gasteiger charge is 2.06. The molecule has 0 radical (unpaired) electrons. The topological polar surface area (TPSA) is 86.2 Å². The third-order valence-corrected chi connectivity index (χ3v) is 3.32. The summed E-state index contributed by atoms with van der Waals surface area (Å²) in [4.78, 5) is 22.5. The van der Waals surface area contributed by atoms with E-state index in [0.717, 1.165) is 6.42 Å². The molecule has 2 aromatic carbocycles. The van der Waals surface area contributed by atoms with Gasteiger partial charge in [0.05, 0.1) is 0 Å². The molecule has 0 bridgehead atoms. The first-order chi connectivity index (χ1) is 13.0. The van der Waals surface area contributed by atoms with Crippen molar-refractivity contribution in [2.45, 2.75) is 60.8 Å². The first kappa shape index (κ1) is 26.6. The van der Waals surface area contributed by atoms with Gasteiger partial charge < -0.3 is 11.5 Å². The van der Waals surface area contributed by atoms with Gasteiger partial charge in [-0.05, 0) is 30.7 Å². The molecular weight excluding hydrogens is 336 g/mol. The number of hydrogen-bond donors (Lipinski definition) is 2. The van der Waals surface area contributed by atoms with Gasteiger partial charge in [0, 0.05) is 35.3 Å². The van der Waals surface area contributed by atoms with Crippen molar-refractivity contribution < 1.29 is 9.59 Å². The van der Waals surface area contributed by atoms with Gasteiger partial charge in [0.25, 0.3) is 0 Å². The van der Waals surface area contributed by atoms with E-state index in [0.29, 0.717) is 35.3 Å². The maximum absolute atomic E-state index is 11.4. The number of hydrogen-bond acceptors (Lipinski definition) is 4. The molecule has 0 spiro atoms. The highest BCUT2D eigenvalue weighted by molar-refractivity contribution is 6.01. The Morgan fingerprint density at radius 1 is 0.704 bits per heavy atom. The maximum atomic E-state index is 11.4. The number of carbonyl (C=O) groups is 2. The van der Waals surface area contributed by atoms with Crippen molar-refractivity contribution >= 4 is 22.9 Å². The van der Waals surface area contributed by atoms with E-state index >= 15 is 0 Å². The van der Waals surface area contributed by atoms with Crippen LogP contribution in [0.25, 0.3) is 0 Å². The molecule has 0 heterocycles. The molecule has 0 amide bonds. The Morgan fingerprint density at radius 3 is 1.41 bits per heavy atom. The molecule has 0 fully saturated rings. The minimum atomic E-state index is 0.100. The van der Waals surface area contributed by atoms with E-state index in [-0.39, 0.29) is 11.6 Å². The third-order valence-electron chi connectivity index (χ3n) is 3.32. The van der Waals surface area contributed by atoms with Crippen LogP contribution in [0.5, 0.6) is 0 Å². The Labute approximate surface area is 165 Å². The Kier molecular flexibility index (Phi) is 16.6. The predicted octanol–water partition coefficient (Wildman–Crippen LogP) is 6.17. The van der Waals surface area contributed by atoms with Crippen LogP contribution in [0.4, 0.5) is 11.4 Å².